The molecule has 68 valence electrons. The van der Waals surface area contributed by atoms with E-state index in [0.717, 1.165) is 5.82 Å². The van der Waals surface area contributed by atoms with Crippen LogP contribution in [0.3, 0.4) is 0 Å². The first kappa shape index (κ1) is 7.44. The van der Waals surface area contributed by atoms with Crippen molar-refractivity contribution in [2.24, 2.45) is 0 Å². The first-order valence-corrected chi connectivity index (χ1v) is 4.46. The third-order valence-corrected chi connectivity index (χ3v) is 2.35. The van der Waals surface area contributed by atoms with Crippen molar-refractivity contribution in [1.29, 1.82) is 0 Å². The fourth-order valence-corrected chi connectivity index (χ4v) is 1.68. The lowest BCUT2D eigenvalue weighted by atomic mass is 10.0. The molecule has 1 aromatic heterocycles. The predicted molar refractivity (Wildman–Crippen MR) is 52.3 cm³/mol. The third kappa shape index (κ3) is 0.970. The Morgan fingerprint density at radius 3 is 3.14 bits per heavy atom. The Morgan fingerprint density at radius 1 is 1.14 bits per heavy atom. The molecule has 14 heavy (non-hydrogen) atoms. The van der Waals surface area contributed by atoms with Crippen molar-refractivity contribution in [3.63, 3.8) is 0 Å². The van der Waals surface area contributed by atoms with E-state index in [1.807, 2.05) is 29.0 Å². The number of aromatic nitrogens is 4. The number of hydrogen-bond acceptors (Lipinski definition) is 3. The summed E-state index contributed by atoms with van der Waals surface area (Å²) in [5.41, 5.74) is 1.20. The Morgan fingerprint density at radius 2 is 2.14 bits per heavy atom. The Hall–Kier alpha value is -1.97. The van der Waals surface area contributed by atoms with Gasteiger partial charge in [0.25, 0.3) is 0 Å². The highest BCUT2D eigenvalue weighted by molar-refractivity contribution is 5.49. The van der Waals surface area contributed by atoms with E-state index < -0.39 is 0 Å². The molecule has 0 N–H and O–H groups in total. The molecule has 0 fully saturated rings. The fraction of sp³-hybridized carbons (Fsp3) is 0.100. The number of hydrogen-bond donors (Lipinski definition) is 0. The van der Waals surface area contributed by atoms with E-state index in [2.05, 4.69) is 33.8 Å². The molecule has 1 aromatic rings. The molecule has 1 aliphatic carbocycles. The van der Waals surface area contributed by atoms with Crippen molar-refractivity contribution < 1.29 is 0 Å². The zero-order chi connectivity index (χ0) is 9.38. The lowest BCUT2D eigenvalue weighted by molar-refractivity contribution is 0.579. The predicted octanol–water partition coefficient (Wildman–Crippen LogP) is 1.29. The number of fused-ring (bicyclic) bond motifs is 3. The summed E-state index contributed by atoms with van der Waals surface area (Å²) in [5.74, 6) is 0.793. The molecule has 4 nitrogen and oxygen atoms in total. The van der Waals surface area contributed by atoms with Crippen molar-refractivity contribution in [2.75, 3.05) is 0 Å². The maximum Gasteiger partial charge on any atom is 0.175 e. The van der Waals surface area contributed by atoms with Crippen LogP contribution >= 0.6 is 0 Å². The molecule has 0 saturated carbocycles. The zero-order valence-corrected chi connectivity index (χ0v) is 7.41. The Labute approximate surface area is 80.9 Å². The molecule has 1 atom stereocenters. The van der Waals surface area contributed by atoms with E-state index in [-0.39, 0.29) is 6.04 Å². The van der Waals surface area contributed by atoms with E-state index >= 15 is 0 Å². The van der Waals surface area contributed by atoms with Crippen molar-refractivity contribution in [2.45, 2.75) is 6.04 Å². The van der Waals surface area contributed by atoms with Crippen molar-refractivity contribution in [3.8, 4) is 0 Å². The van der Waals surface area contributed by atoms with E-state index in [9.17, 15) is 0 Å². The van der Waals surface area contributed by atoms with Crippen LogP contribution in [0.1, 0.15) is 11.9 Å². The highest BCUT2D eigenvalue weighted by Gasteiger charge is 2.18. The second kappa shape index (κ2) is 2.77. The molecular weight excluding hydrogens is 176 g/mol. The standard InChI is InChI=1S/C10H8N4/c1-2-6-9-8(4-1)5-3-7-10-11-12-13-14(9)10/h1-7,9H. The average Bonchev–Trinajstić information content (AvgIpc) is 2.61. The van der Waals surface area contributed by atoms with Gasteiger partial charge in [0.2, 0.25) is 0 Å². The third-order valence-electron chi connectivity index (χ3n) is 2.35. The second-order valence-corrected chi connectivity index (χ2v) is 3.20. The number of allylic oxidation sites excluding steroid dienone is 7. The minimum atomic E-state index is 0.139. The summed E-state index contributed by atoms with van der Waals surface area (Å²) in [6.07, 6.45) is 14.1. The summed E-state index contributed by atoms with van der Waals surface area (Å²) in [7, 11) is 0. The normalized spacial score (nSPS) is 22.6. The summed E-state index contributed by atoms with van der Waals surface area (Å²) in [5, 5.41) is 11.6. The smallest absolute Gasteiger partial charge is 0.175 e. The molecule has 0 bridgehead atoms. The van der Waals surface area contributed by atoms with E-state index in [4.69, 9.17) is 0 Å². The van der Waals surface area contributed by atoms with Crippen LogP contribution in [0.4, 0.5) is 0 Å². The molecule has 0 amide bonds. The maximum absolute atomic E-state index is 3.98. The van der Waals surface area contributed by atoms with Gasteiger partial charge in [-0.25, -0.2) is 4.68 Å². The number of tetrazole rings is 1. The monoisotopic (exact) mass is 184 g/mol. The molecule has 1 unspecified atom stereocenters. The van der Waals surface area contributed by atoms with Crippen molar-refractivity contribution >= 4 is 6.08 Å². The van der Waals surface area contributed by atoms with Crippen LogP contribution < -0.4 is 0 Å². The van der Waals surface area contributed by atoms with Crippen LogP contribution in [0.25, 0.3) is 6.08 Å². The van der Waals surface area contributed by atoms with E-state index in [1.165, 1.54) is 5.57 Å². The van der Waals surface area contributed by atoms with Gasteiger partial charge in [-0.2, -0.15) is 0 Å². The zero-order valence-electron chi connectivity index (χ0n) is 7.41. The summed E-state index contributed by atoms with van der Waals surface area (Å²) >= 11 is 0. The molecule has 3 rings (SSSR count). The van der Waals surface area contributed by atoms with Gasteiger partial charge in [-0.3, -0.25) is 0 Å². The highest BCUT2D eigenvalue weighted by atomic mass is 15.5. The van der Waals surface area contributed by atoms with Gasteiger partial charge in [0, 0.05) is 0 Å². The van der Waals surface area contributed by atoms with Gasteiger partial charge in [0.1, 0.15) is 0 Å². The van der Waals surface area contributed by atoms with Gasteiger partial charge in [0.05, 0.1) is 6.04 Å². The largest absolute Gasteiger partial charge is 0.214 e. The number of nitrogens with zero attached hydrogens (tertiary/aromatic N) is 4. The Balaban J connectivity index is 2.20. The summed E-state index contributed by atoms with van der Waals surface area (Å²) < 4.78 is 1.81. The van der Waals surface area contributed by atoms with Gasteiger partial charge in [-0.1, -0.05) is 36.5 Å². The minimum absolute atomic E-state index is 0.139. The first-order valence-electron chi connectivity index (χ1n) is 4.46. The summed E-state index contributed by atoms with van der Waals surface area (Å²) in [6.45, 7) is 0. The van der Waals surface area contributed by atoms with Crippen LogP contribution in [0, 0.1) is 0 Å². The first-order chi connectivity index (χ1) is 6.95. The van der Waals surface area contributed by atoms with Gasteiger partial charge < -0.3 is 0 Å². The lowest BCUT2D eigenvalue weighted by Crippen LogP contribution is -2.12. The highest BCUT2D eigenvalue weighted by Crippen LogP contribution is 2.26. The van der Waals surface area contributed by atoms with E-state index in [0.29, 0.717) is 0 Å². The van der Waals surface area contributed by atoms with Gasteiger partial charge in [-0.05, 0) is 22.1 Å². The molecule has 2 aliphatic rings. The van der Waals surface area contributed by atoms with Crippen molar-refractivity contribution in [3.05, 3.63) is 47.9 Å². The van der Waals surface area contributed by atoms with Crippen LogP contribution in [-0.2, 0) is 0 Å². The van der Waals surface area contributed by atoms with Gasteiger partial charge in [0.15, 0.2) is 5.82 Å². The molecule has 0 radical (unpaired) electrons. The topological polar surface area (TPSA) is 43.6 Å². The van der Waals surface area contributed by atoms with E-state index in [1.54, 1.807) is 0 Å². The average molecular weight is 184 g/mol. The molecular formula is C10H8N4. The molecule has 0 spiro atoms. The molecule has 0 saturated heterocycles. The minimum Gasteiger partial charge on any atom is -0.214 e. The molecule has 0 aromatic carbocycles. The number of rotatable bonds is 0. The van der Waals surface area contributed by atoms with Crippen LogP contribution in [0.15, 0.2) is 42.0 Å². The quantitative estimate of drug-likeness (QED) is 0.610. The van der Waals surface area contributed by atoms with Crippen molar-refractivity contribution in [1.82, 2.24) is 20.2 Å². The second-order valence-electron chi connectivity index (χ2n) is 3.20. The van der Waals surface area contributed by atoms with Gasteiger partial charge >= 0.3 is 0 Å². The summed E-state index contributed by atoms with van der Waals surface area (Å²) in [4.78, 5) is 0. The lowest BCUT2D eigenvalue weighted by Gasteiger charge is -2.15. The molecule has 1 aliphatic heterocycles. The molecule has 2 heterocycles. The van der Waals surface area contributed by atoms with Crippen LogP contribution in [0.2, 0.25) is 0 Å². The van der Waals surface area contributed by atoms with Crippen LogP contribution in [0.5, 0.6) is 0 Å². The Bertz CT molecular complexity index is 476. The van der Waals surface area contributed by atoms with Gasteiger partial charge in [-0.15, -0.1) is 5.10 Å². The SMILES string of the molecule is C1=CC2=CC=Cc3nnnn3C2C=C1. The van der Waals surface area contributed by atoms with Crippen LogP contribution in [-0.4, -0.2) is 20.2 Å². The maximum atomic E-state index is 3.98. The Kier molecular flexibility index (Phi) is 1.47. The molecule has 4 heteroatoms. The summed E-state index contributed by atoms with van der Waals surface area (Å²) in [6, 6.07) is 0.139. The fourth-order valence-electron chi connectivity index (χ4n) is 1.68.